The summed E-state index contributed by atoms with van der Waals surface area (Å²) < 4.78 is 0. The highest BCUT2D eigenvalue weighted by atomic mass is 127. The summed E-state index contributed by atoms with van der Waals surface area (Å²) in [5.41, 5.74) is 5.98. The van der Waals surface area contributed by atoms with Gasteiger partial charge in [-0.05, 0) is 45.2 Å². The number of nitrogens with two attached hydrogens (primary N) is 1. The number of likely N-dealkylation sites (N-methyl/N-ethyl adjacent to an activating group) is 1. The minimum atomic E-state index is 0. The van der Waals surface area contributed by atoms with Crippen molar-refractivity contribution in [2.75, 3.05) is 45.8 Å². The SMILES string of the molecule is CCN1CCN(CCCCN=C(N)NC(C)CCCC(C)C)CC1.I. The van der Waals surface area contributed by atoms with Crippen molar-refractivity contribution < 1.29 is 0 Å². The number of aliphatic imine (C=N–C) groups is 1. The molecule has 1 fully saturated rings. The van der Waals surface area contributed by atoms with E-state index in [9.17, 15) is 0 Å². The monoisotopic (exact) mass is 467 g/mol. The molecule has 0 aromatic rings. The second-order valence-electron chi connectivity index (χ2n) is 7.62. The van der Waals surface area contributed by atoms with Crippen LogP contribution in [-0.4, -0.2) is 67.6 Å². The van der Waals surface area contributed by atoms with Gasteiger partial charge < -0.3 is 20.9 Å². The van der Waals surface area contributed by atoms with Crippen molar-refractivity contribution in [3.63, 3.8) is 0 Å². The highest BCUT2D eigenvalue weighted by Gasteiger charge is 2.14. The third-order valence-corrected chi connectivity index (χ3v) is 4.89. The van der Waals surface area contributed by atoms with Gasteiger partial charge in [-0.15, -0.1) is 24.0 Å². The summed E-state index contributed by atoms with van der Waals surface area (Å²) in [6, 6.07) is 0.419. The normalized spacial score (nSPS) is 18.2. The van der Waals surface area contributed by atoms with Crippen molar-refractivity contribution in [1.82, 2.24) is 15.1 Å². The summed E-state index contributed by atoms with van der Waals surface area (Å²) in [5.74, 6) is 1.40. The van der Waals surface area contributed by atoms with Crippen molar-refractivity contribution >= 4 is 29.9 Å². The molecule has 1 aliphatic rings. The average molecular weight is 467 g/mol. The van der Waals surface area contributed by atoms with E-state index in [1.807, 2.05) is 0 Å². The molecule has 0 amide bonds. The number of nitrogens with one attached hydrogen (secondary N) is 1. The van der Waals surface area contributed by atoms with Crippen LogP contribution in [0.15, 0.2) is 4.99 Å². The molecule has 6 heteroatoms. The van der Waals surface area contributed by atoms with Gasteiger partial charge in [0.15, 0.2) is 5.96 Å². The summed E-state index contributed by atoms with van der Waals surface area (Å²) >= 11 is 0. The van der Waals surface area contributed by atoms with Crippen molar-refractivity contribution in [3.05, 3.63) is 0 Å². The maximum atomic E-state index is 5.98. The molecule has 150 valence electrons. The van der Waals surface area contributed by atoms with Crippen LogP contribution in [-0.2, 0) is 0 Å². The van der Waals surface area contributed by atoms with Gasteiger partial charge in [-0.1, -0.05) is 33.6 Å². The molecule has 0 aliphatic carbocycles. The molecule has 0 bridgehead atoms. The van der Waals surface area contributed by atoms with Gasteiger partial charge in [0.05, 0.1) is 0 Å². The zero-order chi connectivity index (χ0) is 17.8. The van der Waals surface area contributed by atoms with Crippen LogP contribution < -0.4 is 11.1 Å². The third kappa shape index (κ3) is 12.8. The minimum Gasteiger partial charge on any atom is -0.370 e. The Bertz CT molecular complexity index is 341. The lowest BCUT2D eigenvalue weighted by atomic mass is 10.0. The smallest absolute Gasteiger partial charge is 0.188 e. The van der Waals surface area contributed by atoms with Gasteiger partial charge in [0.1, 0.15) is 0 Å². The second-order valence-corrected chi connectivity index (χ2v) is 7.62. The Labute approximate surface area is 173 Å². The van der Waals surface area contributed by atoms with Gasteiger partial charge in [-0.3, -0.25) is 4.99 Å². The molecule has 1 saturated heterocycles. The van der Waals surface area contributed by atoms with E-state index < -0.39 is 0 Å². The zero-order valence-corrected chi connectivity index (χ0v) is 19.3. The topological polar surface area (TPSA) is 56.9 Å². The van der Waals surface area contributed by atoms with Crippen molar-refractivity contribution in [1.29, 1.82) is 0 Å². The first-order valence-corrected chi connectivity index (χ1v) is 10.0. The molecular formula is C19H42IN5. The fourth-order valence-electron chi connectivity index (χ4n) is 3.18. The van der Waals surface area contributed by atoms with Crippen LogP contribution in [0.5, 0.6) is 0 Å². The maximum absolute atomic E-state index is 5.98. The van der Waals surface area contributed by atoms with Crippen molar-refractivity contribution in [2.45, 2.75) is 65.8 Å². The third-order valence-electron chi connectivity index (χ3n) is 4.89. The van der Waals surface area contributed by atoms with Crippen LogP contribution in [0.25, 0.3) is 0 Å². The Morgan fingerprint density at radius 2 is 1.64 bits per heavy atom. The van der Waals surface area contributed by atoms with E-state index in [0.717, 1.165) is 25.3 Å². The predicted octanol–water partition coefficient (Wildman–Crippen LogP) is 3.14. The quantitative estimate of drug-likeness (QED) is 0.212. The first-order valence-electron chi connectivity index (χ1n) is 10.0. The summed E-state index contributed by atoms with van der Waals surface area (Å²) in [5, 5.41) is 3.32. The number of guanidine groups is 1. The van der Waals surface area contributed by atoms with Crippen molar-refractivity contribution in [3.8, 4) is 0 Å². The van der Waals surface area contributed by atoms with E-state index in [1.165, 1.54) is 58.5 Å². The van der Waals surface area contributed by atoms with Gasteiger partial charge >= 0.3 is 0 Å². The summed E-state index contributed by atoms with van der Waals surface area (Å²) in [7, 11) is 0. The molecule has 1 unspecified atom stereocenters. The predicted molar refractivity (Wildman–Crippen MR) is 121 cm³/mol. The molecule has 0 saturated carbocycles. The van der Waals surface area contributed by atoms with Crippen LogP contribution in [0.4, 0.5) is 0 Å². The summed E-state index contributed by atoms with van der Waals surface area (Å²) in [6.07, 6.45) is 6.04. The highest BCUT2D eigenvalue weighted by Crippen LogP contribution is 2.08. The first-order chi connectivity index (χ1) is 11.5. The maximum Gasteiger partial charge on any atom is 0.188 e. The lowest BCUT2D eigenvalue weighted by molar-refractivity contribution is 0.136. The van der Waals surface area contributed by atoms with Crippen molar-refractivity contribution in [2.24, 2.45) is 16.6 Å². The van der Waals surface area contributed by atoms with Gasteiger partial charge in [-0.2, -0.15) is 0 Å². The Morgan fingerprint density at radius 1 is 1.00 bits per heavy atom. The van der Waals surface area contributed by atoms with Gasteiger partial charge in [0.25, 0.3) is 0 Å². The Balaban J connectivity index is 0.00000576. The van der Waals surface area contributed by atoms with Crippen LogP contribution in [0, 0.1) is 5.92 Å². The lowest BCUT2D eigenvalue weighted by Gasteiger charge is -2.33. The molecular weight excluding hydrogens is 425 g/mol. The minimum absolute atomic E-state index is 0. The van der Waals surface area contributed by atoms with E-state index in [4.69, 9.17) is 5.73 Å². The highest BCUT2D eigenvalue weighted by molar-refractivity contribution is 14.0. The molecule has 1 rings (SSSR count). The Kier molecular flexibility index (Phi) is 15.0. The van der Waals surface area contributed by atoms with Crippen LogP contribution >= 0.6 is 24.0 Å². The van der Waals surface area contributed by atoms with Gasteiger partial charge in [-0.25, -0.2) is 0 Å². The molecule has 1 heterocycles. The number of unbranched alkanes of at least 4 members (excludes halogenated alkanes) is 1. The number of hydrogen-bond donors (Lipinski definition) is 2. The fraction of sp³-hybridized carbons (Fsp3) is 0.947. The number of piperazine rings is 1. The standard InChI is InChI=1S/C19H41N5.HI/c1-5-23-13-15-24(16-14-23)12-7-6-11-21-19(20)22-18(4)10-8-9-17(2)3;/h17-18H,5-16H2,1-4H3,(H3,20,21,22);1H. The van der Waals surface area contributed by atoms with E-state index in [2.05, 4.69) is 47.8 Å². The summed E-state index contributed by atoms with van der Waals surface area (Å²) in [4.78, 5) is 9.57. The van der Waals surface area contributed by atoms with E-state index in [-0.39, 0.29) is 24.0 Å². The number of rotatable bonds is 11. The van der Waals surface area contributed by atoms with Gasteiger partial charge in [0, 0.05) is 38.8 Å². The molecule has 5 nitrogen and oxygen atoms in total. The van der Waals surface area contributed by atoms with E-state index in [1.54, 1.807) is 0 Å². The summed E-state index contributed by atoms with van der Waals surface area (Å²) in [6.45, 7) is 17.1. The van der Waals surface area contributed by atoms with E-state index in [0.29, 0.717) is 12.0 Å². The molecule has 0 aromatic heterocycles. The molecule has 1 aliphatic heterocycles. The lowest BCUT2D eigenvalue weighted by Crippen LogP contribution is -2.46. The molecule has 3 N–H and O–H groups in total. The van der Waals surface area contributed by atoms with Crippen LogP contribution in [0.2, 0.25) is 0 Å². The molecule has 0 radical (unpaired) electrons. The largest absolute Gasteiger partial charge is 0.370 e. The van der Waals surface area contributed by atoms with Crippen LogP contribution in [0.3, 0.4) is 0 Å². The molecule has 1 atom stereocenters. The number of hydrogen-bond acceptors (Lipinski definition) is 3. The molecule has 0 aromatic carbocycles. The average Bonchev–Trinajstić information content (AvgIpc) is 2.54. The first kappa shape index (κ1) is 24.9. The second kappa shape index (κ2) is 15.0. The number of nitrogens with zero attached hydrogens (tertiary/aromatic N) is 3. The fourth-order valence-corrected chi connectivity index (χ4v) is 3.18. The molecule has 0 spiro atoms. The zero-order valence-electron chi connectivity index (χ0n) is 17.0. The Hall–Kier alpha value is -0.0800. The van der Waals surface area contributed by atoms with E-state index >= 15 is 0 Å². The molecule has 25 heavy (non-hydrogen) atoms. The van der Waals surface area contributed by atoms with Gasteiger partial charge in [0.2, 0.25) is 0 Å². The number of halogens is 1. The Morgan fingerprint density at radius 3 is 2.24 bits per heavy atom. The van der Waals surface area contributed by atoms with Crippen LogP contribution in [0.1, 0.15) is 59.8 Å².